The van der Waals surface area contributed by atoms with Crippen LogP contribution in [0.25, 0.3) is 0 Å². The summed E-state index contributed by atoms with van der Waals surface area (Å²) in [6.45, 7) is 1.82. The van der Waals surface area contributed by atoms with Crippen LogP contribution >= 0.6 is 11.6 Å². The molecule has 1 aliphatic heterocycles. The number of carbonyl (C=O) groups is 1. The lowest BCUT2D eigenvalue weighted by molar-refractivity contribution is -0.157. The number of nitrogens with zero attached hydrogens (tertiary/aromatic N) is 2. The van der Waals surface area contributed by atoms with Crippen LogP contribution in [0.5, 0.6) is 0 Å². The molecule has 0 radical (unpaired) electrons. The Morgan fingerprint density at radius 1 is 1.20 bits per heavy atom. The van der Waals surface area contributed by atoms with E-state index in [2.05, 4.69) is 5.10 Å². The summed E-state index contributed by atoms with van der Waals surface area (Å²) in [6.07, 6.45) is 2.17. The van der Waals surface area contributed by atoms with Crippen molar-refractivity contribution in [2.45, 2.75) is 38.3 Å². The summed E-state index contributed by atoms with van der Waals surface area (Å²) in [5.41, 5.74) is 1.12. The van der Waals surface area contributed by atoms with Gasteiger partial charge in [0.1, 0.15) is 0 Å². The van der Waals surface area contributed by atoms with Crippen LogP contribution in [0.3, 0.4) is 0 Å². The molecule has 4 nitrogen and oxygen atoms in total. The van der Waals surface area contributed by atoms with Gasteiger partial charge in [0, 0.05) is 29.1 Å². The Bertz CT molecular complexity index is 774. The SMILES string of the molecule is CC1=NN(C(=O)CCCc2ccccc2)[C@@](O)(c2ccc(Cl)cc2)C1. The molecule has 1 N–H and O–H groups in total. The Morgan fingerprint density at radius 2 is 1.88 bits per heavy atom. The number of carbonyl (C=O) groups excluding carboxylic acids is 1. The minimum atomic E-state index is -1.43. The molecule has 1 aliphatic rings. The van der Waals surface area contributed by atoms with Gasteiger partial charge in [-0.25, -0.2) is 0 Å². The lowest BCUT2D eigenvalue weighted by Crippen LogP contribution is -2.43. The molecule has 2 aromatic carbocycles. The van der Waals surface area contributed by atoms with Gasteiger partial charge >= 0.3 is 0 Å². The van der Waals surface area contributed by atoms with Crippen molar-refractivity contribution in [2.75, 3.05) is 0 Å². The van der Waals surface area contributed by atoms with Crippen LogP contribution in [0.1, 0.15) is 37.3 Å². The lowest BCUT2D eigenvalue weighted by Gasteiger charge is -2.31. The van der Waals surface area contributed by atoms with E-state index in [-0.39, 0.29) is 5.91 Å². The fourth-order valence-corrected chi connectivity index (χ4v) is 3.24. The summed E-state index contributed by atoms with van der Waals surface area (Å²) in [6, 6.07) is 16.9. The molecule has 3 rings (SSSR count). The topological polar surface area (TPSA) is 52.9 Å². The number of rotatable bonds is 5. The fourth-order valence-electron chi connectivity index (χ4n) is 3.12. The third-order valence-corrected chi connectivity index (χ3v) is 4.62. The van der Waals surface area contributed by atoms with Gasteiger partial charge in [0.25, 0.3) is 0 Å². The average Bonchev–Trinajstić information content (AvgIpc) is 2.92. The molecule has 2 aromatic rings. The Labute approximate surface area is 152 Å². The fraction of sp³-hybridized carbons (Fsp3) is 0.300. The second-order valence-corrected chi connectivity index (χ2v) is 6.82. The van der Waals surface area contributed by atoms with Gasteiger partial charge in [-0.05, 0) is 37.5 Å². The smallest absolute Gasteiger partial charge is 0.245 e. The molecule has 0 fully saturated rings. The highest BCUT2D eigenvalue weighted by atomic mass is 35.5. The quantitative estimate of drug-likeness (QED) is 0.876. The summed E-state index contributed by atoms with van der Waals surface area (Å²) < 4.78 is 0. The Balaban J connectivity index is 1.69. The summed E-state index contributed by atoms with van der Waals surface area (Å²) in [4.78, 5) is 12.7. The first kappa shape index (κ1) is 17.6. The molecule has 0 saturated heterocycles. The summed E-state index contributed by atoms with van der Waals surface area (Å²) in [5, 5.41) is 17.2. The molecule has 130 valence electrons. The maximum absolute atomic E-state index is 12.7. The number of amides is 1. The minimum Gasteiger partial charge on any atom is -0.365 e. The van der Waals surface area contributed by atoms with Crippen LogP contribution in [0.15, 0.2) is 59.7 Å². The monoisotopic (exact) mass is 356 g/mol. The van der Waals surface area contributed by atoms with Crippen molar-refractivity contribution in [1.29, 1.82) is 0 Å². The van der Waals surface area contributed by atoms with Gasteiger partial charge in [-0.2, -0.15) is 10.1 Å². The molecule has 1 amide bonds. The molecule has 0 bridgehead atoms. The zero-order chi connectivity index (χ0) is 17.9. The number of aliphatic hydroxyl groups is 1. The molecule has 25 heavy (non-hydrogen) atoms. The predicted octanol–water partition coefficient (Wildman–Crippen LogP) is 4.12. The number of aryl methyl sites for hydroxylation is 1. The summed E-state index contributed by atoms with van der Waals surface area (Å²) in [7, 11) is 0. The second-order valence-electron chi connectivity index (χ2n) is 6.38. The third-order valence-electron chi connectivity index (χ3n) is 4.37. The standard InChI is InChI=1S/C20H21ClN2O2/c1-15-14-20(25,17-10-12-18(21)13-11-17)23(22-15)19(24)9-5-8-16-6-3-2-4-7-16/h2-4,6-7,10-13,25H,5,8-9,14H2,1H3/t20-/m0/s1. The van der Waals surface area contributed by atoms with Crippen LogP contribution in [0.2, 0.25) is 5.02 Å². The van der Waals surface area contributed by atoms with Crippen molar-refractivity contribution in [3.05, 3.63) is 70.7 Å². The number of hydrazone groups is 1. The molecule has 0 aromatic heterocycles. The second kappa shape index (κ2) is 7.38. The van der Waals surface area contributed by atoms with E-state index in [1.165, 1.54) is 10.6 Å². The highest BCUT2D eigenvalue weighted by Gasteiger charge is 2.44. The molecular formula is C20H21ClN2O2. The Kier molecular flexibility index (Phi) is 5.21. The van der Waals surface area contributed by atoms with Crippen molar-refractivity contribution in [2.24, 2.45) is 5.10 Å². The average molecular weight is 357 g/mol. The molecule has 1 heterocycles. The van der Waals surface area contributed by atoms with Crippen LogP contribution in [0, 0.1) is 0 Å². The van der Waals surface area contributed by atoms with Crippen LogP contribution in [0.4, 0.5) is 0 Å². The van der Waals surface area contributed by atoms with Crippen LogP contribution in [-0.2, 0) is 16.9 Å². The zero-order valence-electron chi connectivity index (χ0n) is 14.2. The molecule has 1 atom stereocenters. The van der Waals surface area contributed by atoms with Gasteiger partial charge in [0.2, 0.25) is 5.91 Å². The highest BCUT2D eigenvalue weighted by molar-refractivity contribution is 6.30. The number of halogens is 1. The summed E-state index contributed by atoms with van der Waals surface area (Å²) >= 11 is 5.93. The van der Waals surface area contributed by atoms with Crippen molar-refractivity contribution in [3.8, 4) is 0 Å². The molecule has 0 saturated carbocycles. The number of hydrogen-bond donors (Lipinski definition) is 1. The first-order chi connectivity index (χ1) is 12.0. The van der Waals surface area contributed by atoms with Gasteiger partial charge in [-0.3, -0.25) is 4.79 Å². The largest absolute Gasteiger partial charge is 0.365 e. The van der Waals surface area contributed by atoms with Gasteiger partial charge < -0.3 is 5.11 Å². The van der Waals surface area contributed by atoms with Gasteiger partial charge in [-0.15, -0.1) is 0 Å². The normalized spacial score (nSPS) is 19.8. The van der Waals surface area contributed by atoms with E-state index in [4.69, 9.17) is 11.6 Å². The molecule has 0 unspecified atom stereocenters. The molecule has 0 aliphatic carbocycles. The van der Waals surface area contributed by atoms with Crippen molar-refractivity contribution < 1.29 is 9.90 Å². The van der Waals surface area contributed by atoms with Crippen molar-refractivity contribution in [1.82, 2.24) is 5.01 Å². The molecular weight excluding hydrogens is 336 g/mol. The molecule has 5 heteroatoms. The number of benzene rings is 2. The van der Waals surface area contributed by atoms with E-state index in [1.807, 2.05) is 37.3 Å². The van der Waals surface area contributed by atoms with Crippen molar-refractivity contribution in [3.63, 3.8) is 0 Å². The van der Waals surface area contributed by atoms with E-state index in [9.17, 15) is 9.90 Å². The van der Waals surface area contributed by atoms with E-state index in [0.29, 0.717) is 29.8 Å². The van der Waals surface area contributed by atoms with Crippen molar-refractivity contribution >= 4 is 23.2 Å². The lowest BCUT2D eigenvalue weighted by atomic mass is 9.97. The molecule has 0 spiro atoms. The summed E-state index contributed by atoms with van der Waals surface area (Å²) in [5.74, 6) is -0.176. The predicted molar refractivity (Wildman–Crippen MR) is 99.3 cm³/mol. The number of hydrogen-bond acceptors (Lipinski definition) is 3. The third kappa shape index (κ3) is 3.91. The first-order valence-electron chi connectivity index (χ1n) is 8.38. The van der Waals surface area contributed by atoms with Crippen LogP contribution in [-0.4, -0.2) is 21.7 Å². The first-order valence-corrected chi connectivity index (χ1v) is 8.76. The van der Waals surface area contributed by atoms with Gasteiger partial charge in [-0.1, -0.05) is 54.1 Å². The van der Waals surface area contributed by atoms with E-state index < -0.39 is 5.72 Å². The minimum absolute atomic E-state index is 0.176. The maximum Gasteiger partial charge on any atom is 0.245 e. The van der Waals surface area contributed by atoms with Gasteiger partial charge in [0.05, 0.1) is 0 Å². The maximum atomic E-state index is 12.7. The highest BCUT2D eigenvalue weighted by Crippen LogP contribution is 2.36. The van der Waals surface area contributed by atoms with Gasteiger partial charge in [0.15, 0.2) is 5.72 Å². The zero-order valence-corrected chi connectivity index (χ0v) is 14.9. The van der Waals surface area contributed by atoms with E-state index in [0.717, 1.165) is 12.1 Å². The Morgan fingerprint density at radius 3 is 2.56 bits per heavy atom. The van der Waals surface area contributed by atoms with E-state index >= 15 is 0 Å². The van der Waals surface area contributed by atoms with E-state index in [1.54, 1.807) is 24.3 Å². The van der Waals surface area contributed by atoms with Crippen LogP contribution < -0.4 is 0 Å². The Hall–Kier alpha value is -2.17.